The molecular weight excluding hydrogens is 592 g/mol. The van der Waals surface area contributed by atoms with Crippen molar-refractivity contribution < 1.29 is 19.1 Å². The summed E-state index contributed by atoms with van der Waals surface area (Å²) in [5.74, 6) is -1.84. The van der Waals surface area contributed by atoms with Gasteiger partial charge in [0.05, 0.1) is 17.8 Å². The van der Waals surface area contributed by atoms with Gasteiger partial charge in [-0.1, -0.05) is 28.1 Å². The van der Waals surface area contributed by atoms with Gasteiger partial charge in [0.1, 0.15) is 17.1 Å². The molecule has 0 aliphatic carbocycles. The van der Waals surface area contributed by atoms with Gasteiger partial charge in [0.2, 0.25) is 0 Å². The molecule has 2 aliphatic heterocycles. The van der Waals surface area contributed by atoms with Crippen molar-refractivity contribution >= 4 is 56.0 Å². The summed E-state index contributed by atoms with van der Waals surface area (Å²) in [6.45, 7) is 4.15. The Hall–Kier alpha value is -1.98. The fraction of sp³-hybridized carbons (Fsp3) is 0.304. The number of nitrogens with zero attached hydrogens (tertiary/aromatic N) is 2. The highest BCUT2D eigenvalue weighted by Gasteiger charge is 2.52. The quantitative estimate of drug-likeness (QED) is 0.373. The highest BCUT2D eigenvalue weighted by atomic mass is 127. The summed E-state index contributed by atoms with van der Waals surface area (Å²) < 4.78 is 15.8. The molecule has 2 heterocycles. The average molecular weight is 614 g/mol. The molecule has 1 atom stereocenters. The first kappa shape index (κ1) is 23.2. The number of aliphatic hydroxyl groups excluding tert-OH is 1. The molecule has 2 aliphatic rings. The van der Waals surface area contributed by atoms with Crippen LogP contribution < -0.4 is 5.32 Å². The molecule has 0 spiro atoms. The number of benzene rings is 2. The molecule has 32 heavy (non-hydrogen) atoms. The summed E-state index contributed by atoms with van der Waals surface area (Å²) >= 11 is 5.48. The predicted octanol–water partition coefficient (Wildman–Crippen LogP) is 5.06. The van der Waals surface area contributed by atoms with Gasteiger partial charge in [-0.15, -0.1) is 0 Å². The highest BCUT2D eigenvalue weighted by molar-refractivity contribution is 14.1. The molecule has 0 unspecified atom stereocenters. The summed E-state index contributed by atoms with van der Waals surface area (Å²) in [5, 5.41) is 17.1. The minimum absolute atomic E-state index is 0.109. The summed E-state index contributed by atoms with van der Waals surface area (Å²) in [6.07, 6.45) is 1.35. The third kappa shape index (κ3) is 3.94. The minimum atomic E-state index is -0.880. The van der Waals surface area contributed by atoms with E-state index in [-0.39, 0.29) is 23.7 Å². The fourth-order valence-electron chi connectivity index (χ4n) is 4.31. The van der Waals surface area contributed by atoms with Crippen molar-refractivity contribution in [2.45, 2.75) is 38.8 Å². The van der Waals surface area contributed by atoms with Crippen molar-refractivity contribution in [2.24, 2.45) is 0 Å². The SMILES string of the molecule is Cc1c(F)cccc1CN1C(=O)C(C(=O)Nc2ccc(Br)cc2I)=C(O)[C@@]2(C)CCCN12. The zero-order valence-electron chi connectivity index (χ0n) is 17.6. The van der Waals surface area contributed by atoms with E-state index in [1.165, 1.54) is 11.1 Å². The number of anilines is 1. The van der Waals surface area contributed by atoms with Crippen molar-refractivity contribution in [1.82, 2.24) is 10.0 Å². The molecule has 2 N–H and O–H groups in total. The minimum Gasteiger partial charge on any atom is -0.509 e. The Labute approximate surface area is 207 Å². The van der Waals surface area contributed by atoms with E-state index in [1.54, 1.807) is 36.2 Å². The highest BCUT2D eigenvalue weighted by Crippen LogP contribution is 2.42. The summed E-state index contributed by atoms with van der Waals surface area (Å²) in [6, 6.07) is 10.1. The lowest BCUT2D eigenvalue weighted by molar-refractivity contribution is -0.160. The van der Waals surface area contributed by atoms with Gasteiger partial charge >= 0.3 is 0 Å². The van der Waals surface area contributed by atoms with E-state index in [2.05, 4.69) is 43.8 Å². The van der Waals surface area contributed by atoms with E-state index in [4.69, 9.17) is 0 Å². The van der Waals surface area contributed by atoms with Crippen LogP contribution >= 0.6 is 38.5 Å². The molecule has 0 saturated carbocycles. The monoisotopic (exact) mass is 613 g/mol. The Kier molecular flexibility index (Phi) is 6.34. The van der Waals surface area contributed by atoms with E-state index in [0.29, 0.717) is 29.8 Å². The second-order valence-corrected chi connectivity index (χ2v) is 10.3. The number of carbonyl (C=O) groups is 2. The van der Waals surface area contributed by atoms with E-state index < -0.39 is 17.4 Å². The number of hydrogen-bond donors (Lipinski definition) is 2. The zero-order chi connectivity index (χ0) is 23.2. The lowest BCUT2D eigenvalue weighted by Crippen LogP contribution is -2.60. The number of hydrogen-bond acceptors (Lipinski definition) is 4. The number of fused-ring (bicyclic) bond motifs is 1. The first-order valence-corrected chi connectivity index (χ1v) is 12.0. The van der Waals surface area contributed by atoms with Crippen LogP contribution in [-0.4, -0.2) is 39.0 Å². The molecule has 4 rings (SSSR count). The zero-order valence-corrected chi connectivity index (χ0v) is 21.3. The molecule has 9 heteroatoms. The van der Waals surface area contributed by atoms with Crippen molar-refractivity contribution in [3.8, 4) is 0 Å². The Bertz CT molecular complexity index is 1160. The van der Waals surface area contributed by atoms with Gasteiger partial charge in [0, 0.05) is 14.6 Å². The van der Waals surface area contributed by atoms with Crippen LogP contribution in [-0.2, 0) is 16.1 Å². The number of carbonyl (C=O) groups excluding carboxylic acids is 2. The van der Waals surface area contributed by atoms with Crippen LogP contribution in [0.2, 0.25) is 0 Å². The number of halogens is 3. The normalized spacial score (nSPS) is 21.2. The van der Waals surface area contributed by atoms with Crippen molar-refractivity contribution in [3.05, 3.63) is 72.7 Å². The van der Waals surface area contributed by atoms with Crippen molar-refractivity contribution in [1.29, 1.82) is 0 Å². The first-order chi connectivity index (χ1) is 15.1. The average Bonchev–Trinajstić information content (AvgIpc) is 3.14. The van der Waals surface area contributed by atoms with Crippen LogP contribution in [0.3, 0.4) is 0 Å². The van der Waals surface area contributed by atoms with Crippen LogP contribution in [0.5, 0.6) is 0 Å². The summed E-state index contributed by atoms with van der Waals surface area (Å²) in [4.78, 5) is 26.7. The Morgan fingerprint density at radius 3 is 2.81 bits per heavy atom. The fourth-order valence-corrected chi connectivity index (χ4v) is 5.75. The van der Waals surface area contributed by atoms with Gasteiger partial charge < -0.3 is 10.4 Å². The lowest BCUT2D eigenvalue weighted by atomic mass is 9.90. The predicted molar refractivity (Wildman–Crippen MR) is 131 cm³/mol. The number of amides is 2. The summed E-state index contributed by atoms with van der Waals surface area (Å²) in [7, 11) is 0. The molecule has 0 bridgehead atoms. The number of rotatable bonds is 4. The third-order valence-electron chi connectivity index (χ3n) is 6.20. The topological polar surface area (TPSA) is 72.9 Å². The van der Waals surface area contributed by atoms with Gasteiger partial charge in [0.15, 0.2) is 0 Å². The summed E-state index contributed by atoms with van der Waals surface area (Å²) in [5.41, 5.74) is 0.484. The second kappa shape index (κ2) is 8.75. The standard InChI is InChI=1S/C23H22BrFIN3O3/c1-13-14(5-3-6-16(13)25)12-28-22(32)19(20(30)23(2)9-4-10-29(23)28)21(31)27-18-8-7-15(24)11-17(18)26/h3,5-8,11,30H,4,9-10,12H2,1-2H3,(H,27,31)/t23-/m1/s1. The Morgan fingerprint density at radius 1 is 1.34 bits per heavy atom. The molecule has 0 aromatic heterocycles. The van der Waals surface area contributed by atoms with Crippen molar-refractivity contribution in [2.75, 3.05) is 11.9 Å². The largest absolute Gasteiger partial charge is 0.509 e. The Balaban J connectivity index is 1.72. The molecule has 2 aromatic carbocycles. The van der Waals surface area contributed by atoms with Gasteiger partial charge in [-0.2, -0.15) is 0 Å². The second-order valence-electron chi connectivity index (χ2n) is 8.19. The smallest absolute Gasteiger partial charge is 0.277 e. The lowest BCUT2D eigenvalue weighted by Gasteiger charge is -2.46. The van der Waals surface area contributed by atoms with Crippen LogP contribution in [0.25, 0.3) is 0 Å². The van der Waals surface area contributed by atoms with Crippen LogP contribution in [0.1, 0.15) is 30.9 Å². The van der Waals surface area contributed by atoms with Gasteiger partial charge in [-0.25, -0.2) is 9.40 Å². The van der Waals surface area contributed by atoms with E-state index in [0.717, 1.165) is 14.5 Å². The maximum atomic E-state index is 14.1. The van der Waals surface area contributed by atoms with Gasteiger partial charge in [-0.05, 0) is 84.7 Å². The third-order valence-corrected chi connectivity index (χ3v) is 7.58. The van der Waals surface area contributed by atoms with Gasteiger partial charge in [-0.3, -0.25) is 14.6 Å². The number of hydrazine groups is 1. The van der Waals surface area contributed by atoms with Crippen molar-refractivity contribution in [3.63, 3.8) is 0 Å². The van der Waals surface area contributed by atoms with E-state index in [9.17, 15) is 19.1 Å². The molecule has 0 radical (unpaired) electrons. The molecule has 168 valence electrons. The van der Waals surface area contributed by atoms with E-state index >= 15 is 0 Å². The van der Waals surface area contributed by atoms with Gasteiger partial charge in [0.25, 0.3) is 11.8 Å². The number of aliphatic hydroxyl groups is 1. The first-order valence-electron chi connectivity index (χ1n) is 10.2. The molecule has 2 aromatic rings. The molecule has 1 fully saturated rings. The van der Waals surface area contributed by atoms with Crippen LogP contribution in [0.4, 0.5) is 10.1 Å². The maximum absolute atomic E-state index is 14.1. The molecular formula is C23H22BrFIN3O3. The number of nitrogens with one attached hydrogen (secondary N) is 1. The maximum Gasteiger partial charge on any atom is 0.277 e. The van der Waals surface area contributed by atoms with E-state index in [1.807, 2.05) is 13.0 Å². The molecule has 1 saturated heterocycles. The van der Waals surface area contributed by atoms with Crippen LogP contribution in [0.15, 0.2) is 52.2 Å². The molecule has 6 nitrogen and oxygen atoms in total. The molecule has 2 amide bonds. The van der Waals surface area contributed by atoms with Crippen LogP contribution in [0, 0.1) is 16.3 Å². The Morgan fingerprint density at radius 2 is 2.09 bits per heavy atom.